The fourth-order valence-corrected chi connectivity index (χ4v) is 2.44. The van der Waals surface area contributed by atoms with Crippen molar-refractivity contribution in [1.82, 2.24) is 0 Å². The van der Waals surface area contributed by atoms with Crippen molar-refractivity contribution in [3.63, 3.8) is 0 Å². The van der Waals surface area contributed by atoms with Crippen LogP contribution < -0.4 is 0 Å². The fourth-order valence-electron chi connectivity index (χ4n) is 1.91. The molecule has 1 N–H and O–H groups in total. The molecule has 0 bridgehead atoms. The van der Waals surface area contributed by atoms with Crippen molar-refractivity contribution in [1.29, 1.82) is 0 Å². The lowest BCUT2D eigenvalue weighted by Crippen LogP contribution is -2.12. The normalized spacial score (nSPS) is 19.5. The predicted octanol–water partition coefficient (Wildman–Crippen LogP) is 2.65. The molecule has 0 radical (unpaired) electrons. The highest BCUT2D eigenvalue weighted by Gasteiger charge is 2.25. The number of unbranched alkanes of at least 4 members (excludes halogenated alkanes) is 2. The topological polar surface area (TPSA) is 63.6 Å². The van der Waals surface area contributed by atoms with E-state index in [9.17, 15) is 9.59 Å². The average Bonchev–Trinajstić information content (AvgIpc) is 2.64. The minimum Gasteiger partial charge on any atom is -0.458 e. The zero-order chi connectivity index (χ0) is 14.3. The molecular weight excluding hydrogens is 312 g/mol. The van der Waals surface area contributed by atoms with E-state index >= 15 is 0 Å². The largest absolute Gasteiger partial charge is 0.458 e. The molecule has 0 aromatic carbocycles. The first kappa shape index (κ1) is 16.1. The fraction of sp³-hybridized carbons (Fsp3) is 0.571. The molecule has 1 aliphatic rings. The first-order valence-corrected chi connectivity index (χ1v) is 7.18. The number of ketones is 1. The Morgan fingerprint density at radius 2 is 2.32 bits per heavy atom. The molecule has 0 amide bonds. The minimum absolute atomic E-state index is 0.0342. The van der Waals surface area contributed by atoms with Crippen LogP contribution in [0.4, 0.5) is 0 Å². The second-order valence-corrected chi connectivity index (χ2v) is 5.53. The SMILES string of the molecule is CC(=O)O[C@H]1C=C(C/C(Br)=C/CCCCO)C(=O)C1. The Hall–Kier alpha value is -0.940. The number of hydrogen-bond donors (Lipinski definition) is 1. The summed E-state index contributed by atoms with van der Waals surface area (Å²) in [5.41, 5.74) is 0.691. The summed E-state index contributed by atoms with van der Waals surface area (Å²) in [4.78, 5) is 22.6. The smallest absolute Gasteiger partial charge is 0.303 e. The lowest BCUT2D eigenvalue weighted by atomic mass is 10.1. The van der Waals surface area contributed by atoms with Crippen molar-refractivity contribution in [2.24, 2.45) is 0 Å². The standard InChI is InChI=1S/C14H19BrO4/c1-10(17)19-13-8-11(14(18)9-13)7-12(15)5-3-2-4-6-16/h5,8,13,16H,2-4,6-7,9H2,1H3/b12-5-/t13-/m0/s1. The van der Waals surface area contributed by atoms with Crippen LogP contribution in [-0.4, -0.2) is 29.6 Å². The van der Waals surface area contributed by atoms with Gasteiger partial charge in [-0.25, -0.2) is 0 Å². The molecule has 1 atom stereocenters. The highest BCUT2D eigenvalue weighted by Crippen LogP contribution is 2.26. The molecule has 4 nitrogen and oxygen atoms in total. The van der Waals surface area contributed by atoms with E-state index in [4.69, 9.17) is 9.84 Å². The maximum atomic E-state index is 11.7. The lowest BCUT2D eigenvalue weighted by Gasteiger charge is -2.05. The summed E-state index contributed by atoms with van der Waals surface area (Å²) in [7, 11) is 0. The van der Waals surface area contributed by atoms with Crippen LogP contribution in [-0.2, 0) is 14.3 Å². The number of Topliss-reactive ketones (excluding diaryl/α,β-unsaturated/α-hetero) is 1. The van der Waals surface area contributed by atoms with E-state index in [1.807, 2.05) is 6.08 Å². The molecule has 1 aliphatic carbocycles. The Kier molecular flexibility index (Phi) is 7.02. The minimum atomic E-state index is -0.408. The Balaban J connectivity index is 2.46. The van der Waals surface area contributed by atoms with Gasteiger partial charge in [-0.1, -0.05) is 22.0 Å². The maximum Gasteiger partial charge on any atom is 0.303 e. The highest BCUT2D eigenvalue weighted by atomic mass is 79.9. The number of ether oxygens (including phenoxy) is 1. The number of hydrogen-bond acceptors (Lipinski definition) is 4. The molecule has 5 heteroatoms. The third kappa shape index (κ3) is 6.16. The number of carbonyl (C=O) groups is 2. The van der Waals surface area contributed by atoms with E-state index in [-0.39, 0.29) is 24.8 Å². The Morgan fingerprint density at radius 1 is 1.58 bits per heavy atom. The average molecular weight is 331 g/mol. The Bertz CT molecular complexity index is 398. The van der Waals surface area contributed by atoms with Crippen molar-refractivity contribution in [2.45, 2.75) is 45.1 Å². The summed E-state index contributed by atoms with van der Waals surface area (Å²) in [6, 6.07) is 0. The molecule has 0 aromatic rings. The van der Waals surface area contributed by atoms with Crippen LogP contribution in [0.2, 0.25) is 0 Å². The molecule has 106 valence electrons. The quantitative estimate of drug-likeness (QED) is 0.575. The van der Waals surface area contributed by atoms with Gasteiger partial charge in [-0.05, 0) is 35.4 Å². The van der Waals surface area contributed by atoms with E-state index in [1.54, 1.807) is 6.08 Å². The Labute approximate surface area is 121 Å². The van der Waals surface area contributed by atoms with Crippen molar-refractivity contribution in [2.75, 3.05) is 6.61 Å². The van der Waals surface area contributed by atoms with Crippen LogP contribution in [0.3, 0.4) is 0 Å². The zero-order valence-electron chi connectivity index (χ0n) is 11.0. The van der Waals surface area contributed by atoms with Gasteiger partial charge in [-0.15, -0.1) is 0 Å². The highest BCUT2D eigenvalue weighted by molar-refractivity contribution is 9.11. The summed E-state index contributed by atoms with van der Waals surface area (Å²) >= 11 is 3.44. The lowest BCUT2D eigenvalue weighted by molar-refractivity contribution is -0.144. The number of allylic oxidation sites excluding steroid dienone is 3. The van der Waals surface area contributed by atoms with Gasteiger partial charge in [-0.3, -0.25) is 9.59 Å². The van der Waals surface area contributed by atoms with E-state index in [0.29, 0.717) is 12.0 Å². The van der Waals surface area contributed by atoms with Crippen molar-refractivity contribution in [3.05, 3.63) is 22.2 Å². The van der Waals surface area contributed by atoms with Crippen LogP contribution in [0.5, 0.6) is 0 Å². The third-order valence-electron chi connectivity index (χ3n) is 2.79. The predicted molar refractivity (Wildman–Crippen MR) is 75.8 cm³/mol. The van der Waals surface area contributed by atoms with E-state index in [2.05, 4.69) is 15.9 Å². The number of halogens is 1. The first-order valence-electron chi connectivity index (χ1n) is 6.39. The van der Waals surface area contributed by atoms with Crippen LogP contribution in [0.1, 0.15) is 39.0 Å². The monoisotopic (exact) mass is 330 g/mol. The van der Waals surface area contributed by atoms with Crippen molar-refractivity contribution < 1.29 is 19.4 Å². The molecule has 0 fully saturated rings. The molecular formula is C14H19BrO4. The summed E-state index contributed by atoms with van der Waals surface area (Å²) in [6.07, 6.45) is 6.71. The number of rotatable bonds is 7. The van der Waals surface area contributed by atoms with Crippen LogP contribution in [0, 0.1) is 0 Å². The summed E-state index contributed by atoms with van der Waals surface area (Å²) in [6.45, 7) is 1.55. The Morgan fingerprint density at radius 3 is 2.95 bits per heavy atom. The van der Waals surface area contributed by atoms with Gasteiger partial charge in [0.05, 0.1) is 6.42 Å². The number of aliphatic hydroxyl groups is 1. The van der Waals surface area contributed by atoms with Crippen molar-refractivity contribution in [3.8, 4) is 0 Å². The maximum absolute atomic E-state index is 11.7. The molecule has 0 saturated carbocycles. The molecule has 0 aromatic heterocycles. The zero-order valence-corrected chi connectivity index (χ0v) is 12.6. The van der Waals surface area contributed by atoms with Crippen LogP contribution >= 0.6 is 15.9 Å². The van der Waals surface area contributed by atoms with E-state index in [0.717, 1.165) is 23.7 Å². The summed E-state index contributed by atoms with van der Waals surface area (Å²) in [5.74, 6) is -0.333. The summed E-state index contributed by atoms with van der Waals surface area (Å²) < 4.78 is 5.96. The first-order chi connectivity index (χ1) is 9.02. The second-order valence-electron chi connectivity index (χ2n) is 4.51. The van der Waals surface area contributed by atoms with Gasteiger partial charge in [0.2, 0.25) is 0 Å². The third-order valence-corrected chi connectivity index (χ3v) is 3.39. The van der Waals surface area contributed by atoms with Crippen LogP contribution in [0.15, 0.2) is 22.2 Å². The van der Waals surface area contributed by atoms with E-state index < -0.39 is 6.10 Å². The van der Waals surface area contributed by atoms with Gasteiger partial charge in [0.15, 0.2) is 5.78 Å². The molecule has 0 aliphatic heterocycles. The molecule has 0 heterocycles. The van der Waals surface area contributed by atoms with Crippen LogP contribution in [0.25, 0.3) is 0 Å². The van der Waals surface area contributed by atoms with Gasteiger partial charge in [-0.2, -0.15) is 0 Å². The molecule has 0 saturated heterocycles. The summed E-state index contributed by atoms with van der Waals surface area (Å²) in [5, 5.41) is 8.67. The molecule has 1 rings (SSSR count). The van der Waals surface area contributed by atoms with E-state index in [1.165, 1.54) is 6.92 Å². The van der Waals surface area contributed by atoms with Gasteiger partial charge in [0.25, 0.3) is 0 Å². The van der Waals surface area contributed by atoms with Gasteiger partial charge < -0.3 is 9.84 Å². The van der Waals surface area contributed by atoms with Gasteiger partial charge in [0.1, 0.15) is 6.10 Å². The number of aliphatic hydroxyl groups excluding tert-OH is 1. The van der Waals surface area contributed by atoms with Gasteiger partial charge >= 0.3 is 5.97 Å². The molecule has 19 heavy (non-hydrogen) atoms. The van der Waals surface area contributed by atoms with Gasteiger partial charge in [0, 0.05) is 20.0 Å². The van der Waals surface area contributed by atoms with Crippen molar-refractivity contribution >= 4 is 27.7 Å². The second kappa shape index (κ2) is 8.27. The number of carbonyl (C=O) groups excluding carboxylic acids is 2. The number of esters is 1. The molecule has 0 spiro atoms. The molecule has 0 unspecified atom stereocenters.